The van der Waals surface area contributed by atoms with Crippen molar-refractivity contribution in [3.05, 3.63) is 42.2 Å². The molecule has 0 aliphatic rings. The van der Waals surface area contributed by atoms with Crippen molar-refractivity contribution < 1.29 is 5.11 Å². The SMILES string of the molecule is Cc1ccc(O)c(Nc2ncccn2)c1. The molecule has 2 rings (SSSR count). The van der Waals surface area contributed by atoms with E-state index >= 15 is 0 Å². The first-order valence-corrected chi connectivity index (χ1v) is 4.59. The van der Waals surface area contributed by atoms with E-state index in [2.05, 4.69) is 15.3 Å². The van der Waals surface area contributed by atoms with Gasteiger partial charge in [0.1, 0.15) is 5.75 Å². The molecule has 0 spiro atoms. The van der Waals surface area contributed by atoms with E-state index in [4.69, 9.17) is 0 Å². The number of rotatable bonds is 2. The van der Waals surface area contributed by atoms with Gasteiger partial charge in [0.2, 0.25) is 5.95 Å². The molecule has 0 aliphatic heterocycles. The third-order valence-corrected chi connectivity index (χ3v) is 1.96. The Kier molecular flexibility index (Phi) is 2.49. The third-order valence-electron chi connectivity index (χ3n) is 1.96. The van der Waals surface area contributed by atoms with Crippen molar-refractivity contribution in [1.82, 2.24) is 9.97 Å². The summed E-state index contributed by atoms with van der Waals surface area (Å²) < 4.78 is 0. The molecular weight excluding hydrogens is 190 g/mol. The van der Waals surface area contributed by atoms with E-state index < -0.39 is 0 Å². The molecule has 0 atom stereocenters. The van der Waals surface area contributed by atoms with Crippen LogP contribution in [0.5, 0.6) is 5.75 Å². The van der Waals surface area contributed by atoms with Crippen LogP contribution in [0.3, 0.4) is 0 Å². The fourth-order valence-electron chi connectivity index (χ4n) is 1.23. The van der Waals surface area contributed by atoms with Crippen LogP contribution in [0.1, 0.15) is 5.56 Å². The molecular formula is C11H11N3O. The number of aromatic hydroxyl groups is 1. The Morgan fingerprint density at radius 2 is 1.93 bits per heavy atom. The van der Waals surface area contributed by atoms with E-state index in [0.29, 0.717) is 11.6 Å². The molecule has 0 saturated heterocycles. The molecule has 2 aromatic rings. The highest BCUT2D eigenvalue weighted by atomic mass is 16.3. The van der Waals surface area contributed by atoms with E-state index in [1.54, 1.807) is 24.5 Å². The molecule has 0 fully saturated rings. The molecule has 1 heterocycles. The van der Waals surface area contributed by atoms with Gasteiger partial charge in [-0.2, -0.15) is 0 Å². The lowest BCUT2D eigenvalue weighted by molar-refractivity contribution is 0.477. The van der Waals surface area contributed by atoms with E-state index in [1.807, 2.05) is 19.1 Å². The zero-order chi connectivity index (χ0) is 10.7. The molecule has 0 saturated carbocycles. The predicted molar refractivity (Wildman–Crippen MR) is 58.2 cm³/mol. The Bertz CT molecular complexity index is 457. The van der Waals surface area contributed by atoms with Crippen molar-refractivity contribution in [2.45, 2.75) is 6.92 Å². The lowest BCUT2D eigenvalue weighted by atomic mass is 10.2. The first-order chi connectivity index (χ1) is 7.25. The molecule has 0 unspecified atom stereocenters. The number of nitrogens with zero attached hydrogens (tertiary/aromatic N) is 2. The summed E-state index contributed by atoms with van der Waals surface area (Å²) >= 11 is 0. The van der Waals surface area contributed by atoms with Crippen molar-refractivity contribution >= 4 is 11.6 Å². The highest BCUT2D eigenvalue weighted by Crippen LogP contribution is 2.25. The minimum absolute atomic E-state index is 0.188. The summed E-state index contributed by atoms with van der Waals surface area (Å²) in [5.41, 5.74) is 1.67. The van der Waals surface area contributed by atoms with E-state index in [0.717, 1.165) is 5.56 Å². The summed E-state index contributed by atoms with van der Waals surface area (Å²) in [4.78, 5) is 8.02. The maximum Gasteiger partial charge on any atom is 0.227 e. The summed E-state index contributed by atoms with van der Waals surface area (Å²) in [5.74, 6) is 0.659. The Labute approximate surface area is 87.6 Å². The van der Waals surface area contributed by atoms with Crippen LogP contribution in [0.2, 0.25) is 0 Å². The number of benzene rings is 1. The number of nitrogens with one attached hydrogen (secondary N) is 1. The van der Waals surface area contributed by atoms with Crippen LogP contribution in [0.4, 0.5) is 11.6 Å². The fraction of sp³-hybridized carbons (Fsp3) is 0.0909. The van der Waals surface area contributed by atoms with Gasteiger partial charge < -0.3 is 10.4 Å². The smallest absolute Gasteiger partial charge is 0.227 e. The minimum Gasteiger partial charge on any atom is -0.506 e. The number of phenolic OH excluding ortho intramolecular Hbond substituents is 1. The molecule has 76 valence electrons. The van der Waals surface area contributed by atoms with Gasteiger partial charge in [-0.05, 0) is 30.7 Å². The quantitative estimate of drug-likeness (QED) is 0.731. The Morgan fingerprint density at radius 3 is 2.67 bits per heavy atom. The molecule has 1 aromatic heterocycles. The number of anilines is 2. The summed E-state index contributed by atoms with van der Waals surface area (Å²) in [6, 6.07) is 7.06. The zero-order valence-electron chi connectivity index (χ0n) is 8.31. The van der Waals surface area contributed by atoms with Gasteiger partial charge in [-0.25, -0.2) is 9.97 Å². The maximum absolute atomic E-state index is 9.58. The minimum atomic E-state index is 0.188. The van der Waals surface area contributed by atoms with Crippen LogP contribution < -0.4 is 5.32 Å². The van der Waals surface area contributed by atoms with E-state index in [9.17, 15) is 5.11 Å². The van der Waals surface area contributed by atoms with Gasteiger partial charge in [-0.15, -0.1) is 0 Å². The fourth-order valence-corrected chi connectivity index (χ4v) is 1.23. The average molecular weight is 201 g/mol. The van der Waals surface area contributed by atoms with Crippen LogP contribution in [0.15, 0.2) is 36.7 Å². The average Bonchev–Trinajstić information content (AvgIpc) is 2.25. The van der Waals surface area contributed by atoms with Gasteiger partial charge in [0.25, 0.3) is 0 Å². The molecule has 0 amide bonds. The van der Waals surface area contributed by atoms with E-state index in [-0.39, 0.29) is 5.75 Å². The topological polar surface area (TPSA) is 58.0 Å². The van der Waals surface area contributed by atoms with Crippen LogP contribution >= 0.6 is 0 Å². The summed E-state index contributed by atoms with van der Waals surface area (Å²) in [6.07, 6.45) is 3.28. The highest BCUT2D eigenvalue weighted by Gasteiger charge is 2.02. The molecule has 4 nitrogen and oxygen atoms in total. The second-order valence-corrected chi connectivity index (χ2v) is 3.22. The van der Waals surface area contributed by atoms with Crippen LogP contribution in [0, 0.1) is 6.92 Å². The summed E-state index contributed by atoms with van der Waals surface area (Å²) in [6.45, 7) is 1.95. The molecule has 2 N–H and O–H groups in total. The second kappa shape index (κ2) is 3.96. The number of phenols is 1. The Hall–Kier alpha value is -2.10. The lowest BCUT2D eigenvalue weighted by Crippen LogP contribution is -1.96. The molecule has 0 radical (unpaired) electrons. The maximum atomic E-state index is 9.58. The van der Waals surface area contributed by atoms with Crippen molar-refractivity contribution in [1.29, 1.82) is 0 Å². The summed E-state index contributed by atoms with van der Waals surface area (Å²) in [7, 11) is 0. The largest absolute Gasteiger partial charge is 0.506 e. The Balaban J connectivity index is 2.28. The van der Waals surface area contributed by atoms with Crippen LogP contribution in [0.25, 0.3) is 0 Å². The van der Waals surface area contributed by atoms with Gasteiger partial charge >= 0.3 is 0 Å². The predicted octanol–water partition coefficient (Wildman–Crippen LogP) is 2.23. The molecule has 0 bridgehead atoms. The highest BCUT2D eigenvalue weighted by molar-refractivity contribution is 5.62. The van der Waals surface area contributed by atoms with Crippen molar-refractivity contribution in [3.63, 3.8) is 0 Å². The first kappa shape index (κ1) is 9.45. The van der Waals surface area contributed by atoms with Crippen molar-refractivity contribution in [2.24, 2.45) is 0 Å². The normalized spacial score (nSPS) is 9.93. The molecule has 1 aromatic carbocycles. The zero-order valence-corrected chi connectivity index (χ0v) is 8.31. The molecule has 15 heavy (non-hydrogen) atoms. The number of hydrogen-bond acceptors (Lipinski definition) is 4. The number of aromatic nitrogens is 2. The van der Waals surface area contributed by atoms with Crippen molar-refractivity contribution in [2.75, 3.05) is 5.32 Å². The summed E-state index contributed by atoms with van der Waals surface area (Å²) in [5, 5.41) is 12.5. The third kappa shape index (κ3) is 2.22. The van der Waals surface area contributed by atoms with Gasteiger partial charge in [0.05, 0.1) is 5.69 Å². The van der Waals surface area contributed by atoms with Crippen molar-refractivity contribution in [3.8, 4) is 5.75 Å². The molecule has 0 aliphatic carbocycles. The van der Waals surface area contributed by atoms with Crippen LogP contribution in [-0.4, -0.2) is 15.1 Å². The molecule has 4 heteroatoms. The number of aryl methyl sites for hydroxylation is 1. The van der Waals surface area contributed by atoms with Gasteiger partial charge in [-0.3, -0.25) is 0 Å². The standard InChI is InChI=1S/C11H11N3O/c1-8-3-4-10(15)9(7-8)14-11-12-5-2-6-13-11/h2-7,15H,1H3,(H,12,13,14). The van der Waals surface area contributed by atoms with Crippen LogP contribution in [-0.2, 0) is 0 Å². The monoisotopic (exact) mass is 201 g/mol. The second-order valence-electron chi connectivity index (χ2n) is 3.22. The van der Waals surface area contributed by atoms with Gasteiger partial charge in [-0.1, -0.05) is 6.07 Å². The van der Waals surface area contributed by atoms with E-state index in [1.165, 1.54) is 0 Å². The lowest BCUT2D eigenvalue weighted by Gasteiger charge is -2.06. The Morgan fingerprint density at radius 1 is 1.20 bits per heavy atom. The number of hydrogen-bond donors (Lipinski definition) is 2. The van der Waals surface area contributed by atoms with Gasteiger partial charge in [0, 0.05) is 12.4 Å². The first-order valence-electron chi connectivity index (χ1n) is 4.59. The van der Waals surface area contributed by atoms with Gasteiger partial charge in [0.15, 0.2) is 0 Å².